The van der Waals surface area contributed by atoms with Crippen LogP contribution in [0.5, 0.6) is 5.75 Å². The Morgan fingerprint density at radius 2 is 1.66 bits per heavy atom. The maximum atomic E-state index is 13.2. The van der Waals surface area contributed by atoms with Crippen molar-refractivity contribution in [2.45, 2.75) is 6.67 Å². The third-order valence-electron chi connectivity index (χ3n) is 5.29. The molecule has 0 unspecified atom stereocenters. The summed E-state index contributed by atoms with van der Waals surface area (Å²) in [6.45, 7) is 4.38. The number of hydrogen-bond acceptors (Lipinski definition) is 5. The SMILES string of the molecule is COc1ccc(N2CCN(Cn3nc(-c4ccc(F)cc4)n(C)c3=S)CC2)cc1. The quantitative estimate of drug-likeness (QED) is 0.598. The van der Waals surface area contributed by atoms with Gasteiger partial charge in [0.15, 0.2) is 10.6 Å². The maximum Gasteiger partial charge on any atom is 0.199 e. The van der Waals surface area contributed by atoms with Gasteiger partial charge in [0, 0.05) is 44.5 Å². The van der Waals surface area contributed by atoms with Crippen molar-refractivity contribution < 1.29 is 9.13 Å². The van der Waals surface area contributed by atoms with Crippen LogP contribution in [0.2, 0.25) is 0 Å². The minimum absolute atomic E-state index is 0.260. The maximum absolute atomic E-state index is 13.2. The summed E-state index contributed by atoms with van der Waals surface area (Å²) in [4.78, 5) is 4.72. The first-order valence-corrected chi connectivity index (χ1v) is 9.97. The number of methoxy groups -OCH3 is 1. The van der Waals surface area contributed by atoms with E-state index in [1.807, 2.05) is 28.4 Å². The zero-order valence-corrected chi connectivity index (χ0v) is 17.4. The molecule has 152 valence electrons. The molecule has 1 aliphatic rings. The lowest BCUT2D eigenvalue weighted by atomic mass is 10.2. The van der Waals surface area contributed by atoms with E-state index in [0.29, 0.717) is 11.4 Å². The second-order valence-electron chi connectivity index (χ2n) is 7.12. The molecule has 0 saturated carbocycles. The molecule has 0 aliphatic carbocycles. The largest absolute Gasteiger partial charge is 0.497 e. The molecular formula is C21H24FN5OS. The van der Waals surface area contributed by atoms with Crippen LogP contribution in [0.3, 0.4) is 0 Å². The smallest absolute Gasteiger partial charge is 0.199 e. The van der Waals surface area contributed by atoms with Crippen molar-refractivity contribution in [3.05, 3.63) is 59.1 Å². The molecule has 2 heterocycles. The van der Waals surface area contributed by atoms with E-state index in [2.05, 4.69) is 27.0 Å². The van der Waals surface area contributed by atoms with Crippen molar-refractivity contribution in [2.24, 2.45) is 7.05 Å². The number of anilines is 1. The Morgan fingerprint density at radius 1 is 1.00 bits per heavy atom. The molecule has 0 amide bonds. The highest BCUT2D eigenvalue weighted by Gasteiger charge is 2.19. The van der Waals surface area contributed by atoms with Crippen LogP contribution in [0, 0.1) is 10.6 Å². The van der Waals surface area contributed by atoms with Crippen LogP contribution in [0.4, 0.5) is 10.1 Å². The van der Waals surface area contributed by atoms with Gasteiger partial charge in [0.25, 0.3) is 0 Å². The van der Waals surface area contributed by atoms with Crippen molar-refractivity contribution >= 4 is 17.9 Å². The molecule has 1 aliphatic heterocycles. The van der Waals surface area contributed by atoms with Crippen LogP contribution in [-0.4, -0.2) is 52.5 Å². The Kier molecular flexibility index (Phi) is 5.64. The van der Waals surface area contributed by atoms with Gasteiger partial charge in [0.05, 0.1) is 13.8 Å². The van der Waals surface area contributed by atoms with Crippen LogP contribution in [0.1, 0.15) is 0 Å². The molecule has 0 radical (unpaired) electrons. The topological polar surface area (TPSA) is 38.5 Å². The Morgan fingerprint density at radius 3 is 2.28 bits per heavy atom. The molecule has 3 aromatic rings. The monoisotopic (exact) mass is 413 g/mol. The summed E-state index contributed by atoms with van der Waals surface area (Å²) in [5, 5.41) is 4.68. The average Bonchev–Trinajstić information content (AvgIpc) is 3.03. The van der Waals surface area contributed by atoms with Crippen molar-refractivity contribution in [3.8, 4) is 17.1 Å². The van der Waals surface area contributed by atoms with Gasteiger partial charge in [-0.25, -0.2) is 9.07 Å². The first-order valence-electron chi connectivity index (χ1n) is 9.56. The van der Waals surface area contributed by atoms with E-state index in [1.54, 1.807) is 19.2 Å². The fraction of sp³-hybridized carbons (Fsp3) is 0.333. The molecule has 1 aromatic heterocycles. The molecule has 1 saturated heterocycles. The van der Waals surface area contributed by atoms with Gasteiger partial charge in [-0.2, -0.15) is 5.10 Å². The Labute approximate surface area is 174 Å². The Balaban J connectivity index is 1.42. The van der Waals surface area contributed by atoms with E-state index in [0.717, 1.165) is 43.3 Å². The fourth-order valence-corrected chi connectivity index (χ4v) is 3.75. The summed E-state index contributed by atoms with van der Waals surface area (Å²) in [5.41, 5.74) is 2.06. The van der Waals surface area contributed by atoms with Crippen molar-refractivity contribution in [2.75, 3.05) is 38.2 Å². The lowest BCUT2D eigenvalue weighted by molar-refractivity contribution is 0.194. The van der Waals surface area contributed by atoms with Crippen LogP contribution >= 0.6 is 12.2 Å². The number of benzene rings is 2. The molecular weight excluding hydrogens is 389 g/mol. The van der Waals surface area contributed by atoms with Crippen LogP contribution in [-0.2, 0) is 13.7 Å². The second kappa shape index (κ2) is 8.34. The zero-order valence-electron chi connectivity index (χ0n) is 16.6. The summed E-state index contributed by atoms with van der Waals surface area (Å²) < 4.78 is 22.8. The van der Waals surface area contributed by atoms with Crippen LogP contribution in [0.15, 0.2) is 48.5 Å². The minimum Gasteiger partial charge on any atom is -0.497 e. The molecule has 4 rings (SSSR count). The van der Waals surface area contributed by atoms with Crippen molar-refractivity contribution in [1.82, 2.24) is 19.2 Å². The normalized spacial score (nSPS) is 14.9. The van der Waals surface area contributed by atoms with Gasteiger partial charge < -0.3 is 14.2 Å². The van der Waals surface area contributed by atoms with E-state index in [-0.39, 0.29) is 5.82 Å². The highest BCUT2D eigenvalue weighted by molar-refractivity contribution is 7.71. The molecule has 0 N–H and O–H groups in total. The zero-order chi connectivity index (χ0) is 20.4. The van der Waals surface area contributed by atoms with Gasteiger partial charge in [-0.1, -0.05) is 0 Å². The first kappa shape index (κ1) is 19.6. The summed E-state index contributed by atoms with van der Waals surface area (Å²) in [6, 6.07) is 14.5. The standard InChI is InChI=1S/C21H24FN5OS/c1-24-20(16-3-5-17(22)6-4-16)23-27(21(24)29)15-25-11-13-26(14-12-25)18-7-9-19(28-2)10-8-18/h3-10H,11-15H2,1-2H3. The number of rotatable bonds is 5. The molecule has 1 fully saturated rings. The lowest BCUT2D eigenvalue weighted by Gasteiger charge is -2.35. The predicted octanol–water partition coefficient (Wildman–Crippen LogP) is 3.55. The van der Waals surface area contributed by atoms with Gasteiger partial charge in [-0.3, -0.25) is 4.90 Å². The molecule has 6 nitrogen and oxygen atoms in total. The van der Waals surface area contributed by atoms with Crippen LogP contribution in [0.25, 0.3) is 11.4 Å². The number of ether oxygens (including phenoxy) is 1. The third kappa shape index (κ3) is 4.18. The third-order valence-corrected chi connectivity index (χ3v) is 5.77. The molecule has 8 heteroatoms. The first-order chi connectivity index (χ1) is 14.0. The average molecular weight is 414 g/mol. The fourth-order valence-electron chi connectivity index (χ4n) is 3.56. The molecule has 0 atom stereocenters. The van der Waals surface area contributed by atoms with Crippen LogP contribution < -0.4 is 9.64 Å². The van der Waals surface area contributed by atoms with E-state index in [4.69, 9.17) is 17.0 Å². The summed E-state index contributed by atoms with van der Waals surface area (Å²) in [6.07, 6.45) is 0. The van der Waals surface area contributed by atoms with Gasteiger partial charge >= 0.3 is 0 Å². The lowest BCUT2D eigenvalue weighted by Crippen LogP contribution is -2.47. The number of hydrogen-bond donors (Lipinski definition) is 0. The molecule has 0 bridgehead atoms. The number of nitrogens with zero attached hydrogens (tertiary/aromatic N) is 5. The summed E-state index contributed by atoms with van der Waals surface area (Å²) >= 11 is 5.57. The minimum atomic E-state index is -0.260. The Bertz CT molecular complexity index is 1020. The number of aromatic nitrogens is 3. The summed E-state index contributed by atoms with van der Waals surface area (Å²) in [5.74, 6) is 1.35. The number of piperazine rings is 1. The van der Waals surface area contributed by atoms with Gasteiger partial charge in [0.2, 0.25) is 0 Å². The predicted molar refractivity (Wildman–Crippen MR) is 114 cm³/mol. The molecule has 0 spiro atoms. The van der Waals surface area contributed by atoms with Gasteiger partial charge in [0.1, 0.15) is 11.6 Å². The highest BCUT2D eigenvalue weighted by Crippen LogP contribution is 2.21. The Hall–Kier alpha value is -2.71. The van der Waals surface area contributed by atoms with E-state index in [9.17, 15) is 4.39 Å². The number of halogens is 1. The summed E-state index contributed by atoms with van der Waals surface area (Å²) in [7, 11) is 3.57. The second-order valence-corrected chi connectivity index (χ2v) is 7.48. The highest BCUT2D eigenvalue weighted by atomic mass is 32.1. The van der Waals surface area contributed by atoms with E-state index in [1.165, 1.54) is 17.8 Å². The van der Waals surface area contributed by atoms with Crippen molar-refractivity contribution in [1.29, 1.82) is 0 Å². The molecule has 2 aromatic carbocycles. The van der Waals surface area contributed by atoms with Crippen molar-refractivity contribution in [3.63, 3.8) is 0 Å². The van der Waals surface area contributed by atoms with Gasteiger partial charge in [-0.05, 0) is 60.7 Å². The molecule has 29 heavy (non-hydrogen) atoms. The van der Waals surface area contributed by atoms with E-state index < -0.39 is 0 Å². The van der Waals surface area contributed by atoms with Gasteiger partial charge in [-0.15, -0.1) is 0 Å². The van der Waals surface area contributed by atoms with E-state index >= 15 is 0 Å².